The van der Waals surface area contributed by atoms with Crippen molar-refractivity contribution in [3.05, 3.63) is 0 Å². The predicted octanol–water partition coefficient (Wildman–Crippen LogP) is 1.81. The summed E-state index contributed by atoms with van der Waals surface area (Å²) in [5, 5.41) is 0. The van der Waals surface area contributed by atoms with Crippen LogP contribution in [0.5, 0.6) is 0 Å². The van der Waals surface area contributed by atoms with Gasteiger partial charge < -0.3 is 28.4 Å². The highest BCUT2D eigenvalue weighted by Gasteiger charge is 2.54. The van der Waals surface area contributed by atoms with Crippen molar-refractivity contribution in [3.63, 3.8) is 0 Å². The molecule has 3 saturated heterocycles. The molecule has 3 fully saturated rings. The molecule has 0 aromatic rings. The van der Waals surface area contributed by atoms with Gasteiger partial charge in [-0.2, -0.15) is 0 Å². The molecule has 122 valence electrons. The lowest BCUT2D eigenvalue weighted by Gasteiger charge is -2.26. The van der Waals surface area contributed by atoms with Crippen LogP contribution in [0.15, 0.2) is 0 Å². The molecule has 3 rings (SSSR count). The Bertz CT molecular complexity index is 369. The fourth-order valence-corrected chi connectivity index (χ4v) is 3.15. The van der Waals surface area contributed by atoms with E-state index in [4.69, 9.17) is 28.4 Å². The lowest BCUT2D eigenvalue weighted by Crippen LogP contribution is -2.45. The van der Waals surface area contributed by atoms with Crippen molar-refractivity contribution >= 4 is 0 Å². The molecule has 3 aliphatic heterocycles. The second-order valence-electron chi connectivity index (χ2n) is 7.30. The zero-order valence-electron chi connectivity index (χ0n) is 13.7. The first-order valence-electron chi connectivity index (χ1n) is 7.56. The van der Waals surface area contributed by atoms with Crippen molar-refractivity contribution in [1.29, 1.82) is 0 Å². The molecule has 3 aliphatic rings. The molecule has 4 atom stereocenters. The smallest absolute Gasteiger partial charge is 0.164 e. The van der Waals surface area contributed by atoms with Gasteiger partial charge in [-0.3, -0.25) is 0 Å². The zero-order chi connectivity index (χ0) is 15.5. The van der Waals surface area contributed by atoms with E-state index in [2.05, 4.69) is 0 Å². The molecule has 0 aliphatic carbocycles. The summed E-state index contributed by atoms with van der Waals surface area (Å²) in [7, 11) is 0. The average molecular weight is 302 g/mol. The van der Waals surface area contributed by atoms with Crippen molar-refractivity contribution in [2.45, 2.75) is 83.3 Å². The largest absolute Gasteiger partial charge is 0.348 e. The lowest BCUT2D eigenvalue weighted by atomic mass is 10.0. The van der Waals surface area contributed by atoms with Gasteiger partial charge in [0.15, 0.2) is 17.4 Å². The minimum Gasteiger partial charge on any atom is -0.348 e. The Morgan fingerprint density at radius 2 is 0.952 bits per heavy atom. The Morgan fingerprint density at radius 1 is 0.571 bits per heavy atom. The Hall–Kier alpha value is -0.240. The van der Waals surface area contributed by atoms with Crippen LogP contribution in [-0.4, -0.2) is 55.0 Å². The molecule has 0 aromatic heterocycles. The first-order valence-corrected chi connectivity index (χ1v) is 7.56. The van der Waals surface area contributed by atoms with Crippen LogP contribution in [0.1, 0.15) is 41.5 Å². The molecule has 0 aromatic carbocycles. The van der Waals surface area contributed by atoms with Gasteiger partial charge in [-0.15, -0.1) is 0 Å². The van der Waals surface area contributed by atoms with E-state index in [9.17, 15) is 0 Å². The van der Waals surface area contributed by atoms with E-state index < -0.39 is 17.4 Å². The van der Waals surface area contributed by atoms with Gasteiger partial charge in [0.05, 0.1) is 13.2 Å². The maximum absolute atomic E-state index is 6.06. The highest BCUT2D eigenvalue weighted by Crippen LogP contribution is 2.39. The molecule has 0 unspecified atom stereocenters. The molecule has 0 N–H and O–H groups in total. The maximum Gasteiger partial charge on any atom is 0.164 e. The third-order valence-electron chi connectivity index (χ3n) is 3.96. The summed E-state index contributed by atoms with van der Waals surface area (Å²) >= 11 is 0. The third-order valence-corrected chi connectivity index (χ3v) is 3.96. The molecular formula is C15H26O6. The van der Waals surface area contributed by atoms with E-state index in [-0.39, 0.29) is 24.4 Å². The number of rotatable bonds is 2. The Kier molecular flexibility index (Phi) is 3.63. The Balaban J connectivity index is 1.75. The normalized spacial score (nSPS) is 44.3. The maximum atomic E-state index is 6.06. The van der Waals surface area contributed by atoms with Gasteiger partial charge in [0.25, 0.3) is 0 Å². The van der Waals surface area contributed by atoms with E-state index in [1.165, 1.54) is 0 Å². The molecule has 0 radical (unpaired) electrons. The lowest BCUT2D eigenvalue weighted by molar-refractivity contribution is -0.178. The van der Waals surface area contributed by atoms with Crippen LogP contribution in [-0.2, 0) is 28.4 Å². The minimum absolute atomic E-state index is 0.168. The summed E-state index contributed by atoms with van der Waals surface area (Å²) in [5.41, 5.74) is 0. The van der Waals surface area contributed by atoms with Crippen LogP contribution in [0.3, 0.4) is 0 Å². The average Bonchev–Trinajstić information content (AvgIpc) is 2.94. The van der Waals surface area contributed by atoms with Gasteiger partial charge >= 0.3 is 0 Å². The van der Waals surface area contributed by atoms with E-state index >= 15 is 0 Å². The predicted molar refractivity (Wildman–Crippen MR) is 73.6 cm³/mol. The van der Waals surface area contributed by atoms with Crippen LogP contribution >= 0.6 is 0 Å². The topological polar surface area (TPSA) is 55.4 Å². The van der Waals surface area contributed by atoms with Gasteiger partial charge in [0.2, 0.25) is 0 Å². The monoisotopic (exact) mass is 302 g/mol. The third kappa shape index (κ3) is 3.25. The van der Waals surface area contributed by atoms with Crippen molar-refractivity contribution in [3.8, 4) is 0 Å². The molecule has 21 heavy (non-hydrogen) atoms. The molecule has 6 nitrogen and oxygen atoms in total. The first kappa shape index (κ1) is 15.6. The number of hydrogen-bond donors (Lipinski definition) is 0. The summed E-state index contributed by atoms with van der Waals surface area (Å²) in [4.78, 5) is 0. The molecule has 0 amide bonds. The van der Waals surface area contributed by atoms with Crippen LogP contribution in [0.4, 0.5) is 0 Å². The number of ether oxygens (including phenoxy) is 6. The summed E-state index contributed by atoms with van der Waals surface area (Å²) in [6, 6.07) is 0. The zero-order valence-corrected chi connectivity index (χ0v) is 13.7. The van der Waals surface area contributed by atoms with Crippen molar-refractivity contribution in [1.82, 2.24) is 0 Å². The minimum atomic E-state index is -0.665. The van der Waals surface area contributed by atoms with Gasteiger partial charge in [-0.05, 0) is 41.5 Å². The van der Waals surface area contributed by atoms with Gasteiger partial charge in [0.1, 0.15) is 24.4 Å². The molecule has 0 spiro atoms. The van der Waals surface area contributed by atoms with Crippen LogP contribution in [0.2, 0.25) is 0 Å². The van der Waals surface area contributed by atoms with E-state index in [0.717, 1.165) is 0 Å². The van der Waals surface area contributed by atoms with Crippen LogP contribution in [0, 0.1) is 0 Å². The second-order valence-corrected chi connectivity index (χ2v) is 7.30. The van der Waals surface area contributed by atoms with Crippen LogP contribution in [0.25, 0.3) is 0 Å². The van der Waals surface area contributed by atoms with E-state index in [0.29, 0.717) is 13.2 Å². The van der Waals surface area contributed by atoms with E-state index in [1.54, 1.807) is 0 Å². The highest BCUT2D eigenvalue weighted by atomic mass is 16.8. The summed E-state index contributed by atoms with van der Waals surface area (Å²) in [6.45, 7) is 12.4. The van der Waals surface area contributed by atoms with Crippen molar-refractivity contribution in [2.24, 2.45) is 0 Å². The quantitative estimate of drug-likeness (QED) is 0.775. The van der Waals surface area contributed by atoms with Crippen molar-refractivity contribution in [2.75, 3.05) is 13.2 Å². The summed E-state index contributed by atoms with van der Waals surface area (Å²) in [6.07, 6.45) is -0.799. The molecule has 0 saturated carbocycles. The molecule has 3 heterocycles. The SMILES string of the molecule is CC1(C)O[C@H]([C@@H]2COC(C)(C)O2)[C@@H]([C@H]2COC(C)(C)O2)O1. The van der Waals surface area contributed by atoms with E-state index in [1.807, 2.05) is 41.5 Å². The molecule has 0 bridgehead atoms. The Labute approximate surface area is 126 Å². The molecule has 6 heteroatoms. The summed E-state index contributed by atoms with van der Waals surface area (Å²) in [5.74, 6) is -1.84. The number of hydrogen-bond acceptors (Lipinski definition) is 6. The second kappa shape index (κ2) is 4.88. The van der Waals surface area contributed by atoms with Crippen LogP contribution < -0.4 is 0 Å². The molecular weight excluding hydrogens is 276 g/mol. The van der Waals surface area contributed by atoms with Gasteiger partial charge in [-0.1, -0.05) is 0 Å². The highest BCUT2D eigenvalue weighted by molar-refractivity contribution is 4.96. The summed E-state index contributed by atoms with van der Waals surface area (Å²) < 4.78 is 35.3. The van der Waals surface area contributed by atoms with Gasteiger partial charge in [0, 0.05) is 0 Å². The first-order chi connectivity index (χ1) is 9.57. The fourth-order valence-electron chi connectivity index (χ4n) is 3.15. The van der Waals surface area contributed by atoms with Crippen molar-refractivity contribution < 1.29 is 28.4 Å². The van der Waals surface area contributed by atoms with Gasteiger partial charge in [-0.25, -0.2) is 0 Å². The standard InChI is InChI=1S/C15H26O6/c1-13(2)16-7-9(18-13)11-12(21-15(5,6)20-11)10-8-17-14(3,4)19-10/h9-12H,7-8H2,1-6H3/t9-,10+,11-,12-/m1/s1. The fraction of sp³-hybridized carbons (Fsp3) is 1.00. The Morgan fingerprint density at radius 3 is 1.24 bits per heavy atom.